The number of carbonyl (C=O) groups excluding carboxylic acids is 1. The van der Waals surface area contributed by atoms with Crippen LogP contribution in [0.1, 0.15) is 6.92 Å². The highest BCUT2D eigenvalue weighted by Crippen LogP contribution is 2.31. The van der Waals surface area contributed by atoms with Gasteiger partial charge < -0.3 is 10.4 Å². The lowest BCUT2D eigenvalue weighted by Crippen LogP contribution is -2.41. The van der Waals surface area contributed by atoms with E-state index in [4.69, 9.17) is 0 Å². The van der Waals surface area contributed by atoms with E-state index in [-0.39, 0.29) is 11.7 Å². The van der Waals surface area contributed by atoms with Crippen molar-refractivity contribution in [3.63, 3.8) is 0 Å². The van der Waals surface area contributed by atoms with Crippen LogP contribution in [0.4, 0.5) is 0 Å². The van der Waals surface area contributed by atoms with Crippen LogP contribution in [0.15, 0.2) is 59.5 Å². The number of benzene rings is 3. The van der Waals surface area contributed by atoms with Crippen molar-refractivity contribution in [3.05, 3.63) is 54.6 Å². The fourth-order valence-corrected chi connectivity index (χ4v) is 3.74. The van der Waals surface area contributed by atoms with Crippen molar-refractivity contribution in [1.82, 2.24) is 5.32 Å². The van der Waals surface area contributed by atoms with Crippen molar-refractivity contribution in [2.75, 3.05) is 5.75 Å². The molecule has 0 fully saturated rings. The van der Waals surface area contributed by atoms with Crippen molar-refractivity contribution < 1.29 is 14.7 Å². The maximum absolute atomic E-state index is 11.3. The summed E-state index contributed by atoms with van der Waals surface area (Å²) in [7, 11) is 0. The number of nitrogens with one attached hydrogen (secondary N) is 1. The fourth-order valence-electron chi connectivity index (χ4n) is 2.66. The molecule has 0 aliphatic rings. The van der Waals surface area contributed by atoms with Crippen LogP contribution in [0.3, 0.4) is 0 Å². The quantitative estimate of drug-likeness (QED) is 0.550. The maximum atomic E-state index is 11.3. The Kier molecular flexibility index (Phi) is 4.71. The number of carboxylic acid groups (broad SMARTS) is 1. The van der Waals surface area contributed by atoms with Crippen LogP contribution in [0.25, 0.3) is 21.5 Å². The van der Waals surface area contributed by atoms with Gasteiger partial charge in [0.2, 0.25) is 5.91 Å². The number of carboxylic acids is 1. The van der Waals surface area contributed by atoms with Gasteiger partial charge in [-0.2, -0.15) is 0 Å². The molecule has 3 aromatic carbocycles. The minimum atomic E-state index is -1.02. The predicted molar refractivity (Wildman–Crippen MR) is 97.4 cm³/mol. The van der Waals surface area contributed by atoms with Gasteiger partial charge in [-0.3, -0.25) is 4.79 Å². The summed E-state index contributed by atoms with van der Waals surface area (Å²) in [5.41, 5.74) is 0. The third kappa shape index (κ3) is 3.51. The third-order valence-electron chi connectivity index (χ3n) is 3.79. The number of hydrogen-bond donors (Lipinski definition) is 2. The second kappa shape index (κ2) is 6.93. The van der Waals surface area contributed by atoms with Gasteiger partial charge in [0.15, 0.2) is 0 Å². The van der Waals surface area contributed by atoms with Gasteiger partial charge >= 0.3 is 5.97 Å². The van der Waals surface area contributed by atoms with Gasteiger partial charge in [-0.1, -0.05) is 36.4 Å². The molecule has 3 aromatic rings. The first kappa shape index (κ1) is 16.3. The van der Waals surface area contributed by atoms with Crippen LogP contribution in [0, 0.1) is 0 Å². The minimum Gasteiger partial charge on any atom is -0.480 e. The van der Waals surface area contributed by atoms with Crippen LogP contribution in [0.2, 0.25) is 0 Å². The smallest absolute Gasteiger partial charge is 0.327 e. The summed E-state index contributed by atoms with van der Waals surface area (Å²) in [5.74, 6) is -1.09. The molecular formula is C19H17NO3S. The van der Waals surface area contributed by atoms with Crippen molar-refractivity contribution in [2.24, 2.45) is 0 Å². The molecule has 5 heteroatoms. The van der Waals surface area contributed by atoms with E-state index in [1.54, 1.807) is 0 Å². The van der Waals surface area contributed by atoms with Gasteiger partial charge in [0.1, 0.15) is 6.04 Å². The molecular weight excluding hydrogens is 322 g/mol. The van der Waals surface area contributed by atoms with Gasteiger partial charge in [-0.15, -0.1) is 11.8 Å². The molecule has 0 radical (unpaired) electrons. The van der Waals surface area contributed by atoms with Crippen LogP contribution < -0.4 is 5.32 Å². The Morgan fingerprint density at radius 2 is 1.71 bits per heavy atom. The highest BCUT2D eigenvalue weighted by molar-refractivity contribution is 7.99. The molecule has 122 valence electrons. The largest absolute Gasteiger partial charge is 0.480 e. The van der Waals surface area contributed by atoms with E-state index in [0.29, 0.717) is 0 Å². The van der Waals surface area contributed by atoms with Gasteiger partial charge in [0, 0.05) is 17.6 Å². The molecule has 4 nitrogen and oxygen atoms in total. The lowest BCUT2D eigenvalue weighted by Gasteiger charge is -2.14. The van der Waals surface area contributed by atoms with E-state index in [2.05, 4.69) is 29.6 Å². The Bertz CT molecular complexity index is 923. The SMILES string of the molecule is CC(=O)N[C@@H](CSc1cccc2cc3ccccc3cc12)C(=O)O. The molecule has 0 spiro atoms. The molecule has 1 atom stereocenters. The second-order valence-corrected chi connectivity index (χ2v) is 6.64. The zero-order chi connectivity index (χ0) is 17.1. The highest BCUT2D eigenvalue weighted by atomic mass is 32.2. The molecule has 0 aliphatic heterocycles. The molecule has 0 saturated heterocycles. The normalized spacial score (nSPS) is 12.2. The Labute approximate surface area is 143 Å². The maximum Gasteiger partial charge on any atom is 0.327 e. The molecule has 0 heterocycles. The van der Waals surface area contributed by atoms with E-state index in [9.17, 15) is 14.7 Å². The molecule has 3 rings (SSSR count). The molecule has 0 aromatic heterocycles. The number of rotatable bonds is 5. The summed E-state index contributed by atoms with van der Waals surface area (Å²) < 4.78 is 0. The Hall–Kier alpha value is -2.53. The zero-order valence-electron chi connectivity index (χ0n) is 13.2. The van der Waals surface area contributed by atoms with Crippen LogP contribution in [-0.4, -0.2) is 28.8 Å². The highest BCUT2D eigenvalue weighted by Gasteiger charge is 2.19. The number of thioether (sulfide) groups is 1. The molecule has 24 heavy (non-hydrogen) atoms. The van der Waals surface area contributed by atoms with Gasteiger partial charge in [0.25, 0.3) is 0 Å². The van der Waals surface area contributed by atoms with E-state index in [1.807, 2.05) is 30.3 Å². The predicted octanol–water partition coefficient (Wildman–Crippen LogP) is 3.67. The van der Waals surface area contributed by atoms with Gasteiger partial charge in [0.05, 0.1) is 0 Å². The molecule has 2 N–H and O–H groups in total. The monoisotopic (exact) mass is 339 g/mol. The average Bonchev–Trinajstić information content (AvgIpc) is 2.56. The molecule has 1 amide bonds. The fraction of sp³-hybridized carbons (Fsp3) is 0.158. The third-order valence-corrected chi connectivity index (χ3v) is 4.95. The van der Waals surface area contributed by atoms with E-state index < -0.39 is 12.0 Å². The minimum absolute atomic E-state index is 0.279. The van der Waals surface area contributed by atoms with E-state index in [0.717, 1.165) is 21.1 Å². The molecule has 0 saturated carbocycles. The summed E-state index contributed by atoms with van der Waals surface area (Å²) in [5, 5.41) is 16.2. The van der Waals surface area contributed by atoms with Crippen molar-refractivity contribution in [3.8, 4) is 0 Å². The van der Waals surface area contributed by atoms with Crippen molar-refractivity contribution >= 4 is 45.2 Å². The van der Waals surface area contributed by atoms with Gasteiger partial charge in [-0.25, -0.2) is 4.79 Å². The van der Waals surface area contributed by atoms with Crippen molar-refractivity contribution in [2.45, 2.75) is 17.9 Å². The van der Waals surface area contributed by atoms with Crippen LogP contribution >= 0.6 is 11.8 Å². The number of aliphatic carboxylic acids is 1. The lowest BCUT2D eigenvalue weighted by molar-refractivity contribution is -0.140. The standard InChI is InChI=1S/C19H17NO3S/c1-12(21)20-17(19(22)23)11-24-18-8-4-7-15-9-13-5-2-3-6-14(13)10-16(15)18/h2-10,17H,11H2,1H3,(H,20,21)(H,22,23)/t17-/m0/s1. The van der Waals surface area contributed by atoms with E-state index in [1.165, 1.54) is 24.1 Å². The van der Waals surface area contributed by atoms with Crippen LogP contribution in [-0.2, 0) is 9.59 Å². The molecule has 0 unspecified atom stereocenters. The first-order valence-corrected chi connectivity index (χ1v) is 8.57. The Balaban J connectivity index is 1.92. The summed E-state index contributed by atoms with van der Waals surface area (Å²) in [4.78, 5) is 23.4. The average molecular weight is 339 g/mol. The first-order chi connectivity index (χ1) is 11.5. The number of fused-ring (bicyclic) bond motifs is 2. The number of hydrogen-bond acceptors (Lipinski definition) is 3. The Morgan fingerprint density at radius 1 is 1.04 bits per heavy atom. The Morgan fingerprint density at radius 3 is 2.38 bits per heavy atom. The van der Waals surface area contributed by atoms with Gasteiger partial charge in [-0.05, 0) is 39.7 Å². The first-order valence-electron chi connectivity index (χ1n) is 7.59. The lowest BCUT2D eigenvalue weighted by atomic mass is 10.0. The number of carbonyl (C=O) groups is 2. The summed E-state index contributed by atoms with van der Waals surface area (Å²) in [6, 6.07) is 17.5. The molecule has 0 aliphatic carbocycles. The topological polar surface area (TPSA) is 66.4 Å². The van der Waals surface area contributed by atoms with Crippen LogP contribution in [0.5, 0.6) is 0 Å². The molecule has 0 bridgehead atoms. The summed E-state index contributed by atoms with van der Waals surface area (Å²) in [6.07, 6.45) is 0. The van der Waals surface area contributed by atoms with E-state index >= 15 is 0 Å². The second-order valence-electron chi connectivity index (χ2n) is 5.58. The zero-order valence-corrected chi connectivity index (χ0v) is 14.0. The summed E-state index contributed by atoms with van der Waals surface area (Å²) >= 11 is 1.44. The number of amides is 1. The van der Waals surface area contributed by atoms with Crippen molar-refractivity contribution in [1.29, 1.82) is 0 Å². The summed E-state index contributed by atoms with van der Waals surface area (Å²) in [6.45, 7) is 1.32.